The predicted molar refractivity (Wildman–Crippen MR) is 53.5 cm³/mol. The summed E-state index contributed by atoms with van der Waals surface area (Å²) in [6, 6.07) is 5.89. The number of benzene rings is 1. The van der Waals surface area contributed by atoms with Gasteiger partial charge in [-0.1, -0.05) is 18.2 Å². The molecule has 0 atom stereocenters. The zero-order chi connectivity index (χ0) is 10.8. The number of allylic oxidation sites excluding steroid dienone is 4. The van der Waals surface area contributed by atoms with E-state index in [0.717, 1.165) is 12.2 Å². The van der Waals surface area contributed by atoms with E-state index in [0.29, 0.717) is 0 Å². The lowest BCUT2D eigenvalue weighted by atomic mass is 9.96. The Morgan fingerprint density at radius 1 is 1.00 bits per heavy atom. The number of carbonyl (C=O) groups is 2. The molecule has 1 aliphatic rings. The van der Waals surface area contributed by atoms with Gasteiger partial charge in [0.2, 0.25) is 0 Å². The van der Waals surface area contributed by atoms with Crippen LogP contribution in [0.15, 0.2) is 42.5 Å². The second kappa shape index (κ2) is 3.61. The normalized spacial score (nSPS) is 15.4. The van der Waals surface area contributed by atoms with Gasteiger partial charge in [0.1, 0.15) is 5.82 Å². The van der Waals surface area contributed by atoms with Gasteiger partial charge >= 0.3 is 0 Å². The summed E-state index contributed by atoms with van der Waals surface area (Å²) in [5.41, 5.74) is 0.279. The summed E-state index contributed by atoms with van der Waals surface area (Å²) in [5.74, 6) is -1.15. The minimum Gasteiger partial charge on any atom is -0.290 e. The van der Waals surface area contributed by atoms with Gasteiger partial charge in [0.25, 0.3) is 0 Å². The van der Waals surface area contributed by atoms with Crippen molar-refractivity contribution in [2.45, 2.75) is 0 Å². The zero-order valence-corrected chi connectivity index (χ0v) is 7.74. The van der Waals surface area contributed by atoms with Crippen molar-refractivity contribution in [3.63, 3.8) is 0 Å². The summed E-state index contributed by atoms with van der Waals surface area (Å²) in [4.78, 5) is 22.5. The maximum atomic E-state index is 13.3. The van der Waals surface area contributed by atoms with Crippen LogP contribution in [0.4, 0.5) is 4.39 Å². The Labute approximate surface area is 85.7 Å². The molecule has 1 aliphatic carbocycles. The van der Waals surface area contributed by atoms with Crippen LogP contribution in [0, 0.1) is 5.82 Å². The minimum absolute atomic E-state index is 0.112. The summed E-state index contributed by atoms with van der Waals surface area (Å²) in [5, 5.41) is 0. The van der Waals surface area contributed by atoms with Crippen LogP contribution in [0.3, 0.4) is 0 Å². The molecular weight excluding hydrogens is 195 g/mol. The second-order valence-corrected chi connectivity index (χ2v) is 3.14. The summed E-state index contributed by atoms with van der Waals surface area (Å²) in [6.07, 6.45) is 3.48. The van der Waals surface area contributed by atoms with E-state index in [1.54, 1.807) is 6.07 Å². The fourth-order valence-corrected chi connectivity index (χ4v) is 1.40. The third-order valence-corrected chi connectivity index (χ3v) is 2.12. The second-order valence-electron chi connectivity index (χ2n) is 3.14. The first kappa shape index (κ1) is 9.52. The van der Waals surface area contributed by atoms with Crippen molar-refractivity contribution >= 4 is 17.1 Å². The Hall–Kier alpha value is -2.03. The summed E-state index contributed by atoms with van der Waals surface area (Å²) >= 11 is 0. The van der Waals surface area contributed by atoms with Gasteiger partial charge in [-0.25, -0.2) is 4.39 Å². The highest BCUT2D eigenvalue weighted by Gasteiger charge is 2.17. The van der Waals surface area contributed by atoms with Crippen LogP contribution in [0.2, 0.25) is 0 Å². The molecular formula is C12H7FO2. The first-order chi connectivity index (χ1) is 7.18. The van der Waals surface area contributed by atoms with Crippen molar-refractivity contribution in [1.29, 1.82) is 0 Å². The van der Waals surface area contributed by atoms with E-state index < -0.39 is 5.82 Å². The van der Waals surface area contributed by atoms with E-state index in [2.05, 4.69) is 0 Å². The molecule has 0 unspecified atom stereocenters. The van der Waals surface area contributed by atoms with Crippen molar-refractivity contribution in [1.82, 2.24) is 0 Å². The maximum Gasteiger partial charge on any atom is 0.186 e. The number of halogens is 1. The molecule has 0 fully saturated rings. The van der Waals surface area contributed by atoms with E-state index in [4.69, 9.17) is 0 Å². The van der Waals surface area contributed by atoms with Crippen LogP contribution in [-0.2, 0) is 9.59 Å². The molecule has 1 aromatic rings. The maximum absolute atomic E-state index is 13.3. The van der Waals surface area contributed by atoms with Crippen molar-refractivity contribution in [2.75, 3.05) is 0 Å². The largest absolute Gasteiger partial charge is 0.290 e. The molecule has 0 spiro atoms. The van der Waals surface area contributed by atoms with E-state index in [9.17, 15) is 14.0 Å². The number of hydrogen-bond acceptors (Lipinski definition) is 2. The zero-order valence-electron chi connectivity index (χ0n) is 7.74. The van der Waals surface area contributed by atoms with Crippen LogP contribution in [0.5, 0.6) is 0 Å². The van der Waals surface area contributed by atoms with Crippen LogP contribution in [-0.4, -0.2) is 11.6 Å². The molecule has 0 radical (unpaired) electrons. The van der Waals surface area contributed by atoms with Crippen LogP contribution >= 0.6 is 0 Å². The van der Waals surface area contributed by atoms with Gasteiger partial charge in [-0.15, -0.1) is 0 Å². The Balaban J connectivity index is 2.52. The molecule has 0 amide bonds. The summed E-state index contributed by atoms with van der Waals surface area (Å²) in [6.45, 7) is 0. The van der Waals surface area contributed by atoms with E-state index >= 15 is 0 Å². The molecule has 0 aromatic heterocycles. The summed E-state index contributed by atoms with van der Waals surface area (Å²) < 4.78 is 13.3. The third kappa shape index (κ3) is 1.76. The van der Waals surface area contributed by atoms with Crippen LogP contribution in [0.25, 0.3) is 5.57 Å². The molecule has 0 N–H and O–H groups in total. The Kier molecular flexibility index (Phi) is 2.29. The lowest BCUT2D eigenvalue weighted by Crippen LogP contribution is -2.07. The van der Waals surface area contributed by atoms with Gasteiger partial charge in [0.05, 0.1) is 0 Å². The lowest BCUT2D eigenvalue weighted by Gasteiger charge is -2.07. The molecule has 0 bridgehead atoms. The highest BCUT2D eigenvalue weighted by Crippen LogP contribution is 2.21. The number of rotatable bonds is 1. The summed E-state index contributed by atoms with van der Waals surface area (Å²) in [7, 11) is 0. The monoisotopic (exact) mass is 202 g/mol. The van der Waals surface area contributed by atoms with Gasteiger partial charge in [-0.2, -0.15) is 0 Å². The van der Waals surface area contributed by atoms with E-state index in [-0.39, 0.29) is 22.7 Å². The Morgan fingerprint density at radius 2 is 1.73 bits per heavy atom. The first-order valence-electron chi connectivity index (χ1n) is 4.41. The van der Waals surface area contributed by atoms with E-state index in [1.807, 2.05) is 0 Å². The number of ketones is 2. The predicted octanol–water partition coefficient (Wildman–Crippen LogP) is 1.92. The highest BCUT2D eigenvalue weighted by molar-refractivity contribution is 6.33. The molecule has 0 saturated carbocycles. The number of carbonyl (C=O) groups excluding carboxylic acids is 2. The van der Waals surface area contributed by atoms with Gasteiger partial charge in [-0.3, -0.25) is 9.59 Å². The molecule has 0 saturated heterocycles. The molecule has 3 heteroatoms. The smallest absolute Gasteiger partial charge is 0.186 e. The molecule has 15 heavy (non-hydrogen) atoms. The minimum atomic E-state index is -0.500. The lowest BCUT2D eigenvalue weighted by molar-refractivity contribution is -0.113. The fourth-order valence-electron chi connectivity index (χ4n) is 1.40. The van der Waals surface area contributed by atoms with Crippen molar-refractivity contribution < 1.29 is 14.0 Å². The SMILES string of the molecule is O=C1C=CC(=O)C(c2ccccc2F)=C1. The van der Waals surface area contributed by atoms with E-state index in [1.165, 1.54) is 24.3 Å². The van der Waals surface area contributed by atoms with Crippen molar-refractivity contribution in [2.24, 2.45) is 0 Å². The average Bonchev–Trinajstić information content (AvgIpc) is 2.23. The fraction of sp³-hybridized carbons (Fsp3) is 0. The first-order valence-corrected chi connectivity index (χ1v) is 4.41. The molecule has 74 valence electrons. The quantitative estimate of drug-likeness (QED) is 0.652. The Morgan fingerprint density at radius 3 is 2.47 bits per heavy atom. The van der Waals surface area contributed by atoms with Crippen LogP contribution < -0.4 is 0 Å². The van der Waals surface area contributed by atoms with Gasteiger partial charge in [0, 0.05) is 11.1 Å². The topological polar surface area (TPSA) is 34.1 Å². The van der Waals surface area contributed by atoms with Crippen molar-refractivity contribution in [3.05, 3.63) is 53.9 Å². The molecule has 1 aromatic carbocycles. The third-order valence-electron chi connectivity index (χ3n) is 2.12. The van der Waals surface area contributed by atoms with Gasteiger partial charge < -0.3 is 0 Å². The average molecular weight is 202 g/mol. The number of hydrogen-bond donors (Lipinski definition) is 0. The highest BCUT2D eigenvalue weighted by atomic mass is 19.1. The van der Waals surface area contributed by atoms with Crippen LogP contribution in [0.1, 0.15) is 5.56 Å². The van der Waals surface area contributed by atoms with Gasteiger partial charge in [-0.05, 0) is 24.3 Å². The van der Waals surface area contributed by atoms with Gasteiger partial charge in [0.15, 0.2) is 11.6 Å². The van der Waals surface area contributed by atoms with Crippen molar-refractivity contribution in [3.8, 4) is 0 Å². The Bertz CT molecular complexity index is 498. The molecule has 0 heterocycles. The molecule has 2 nitrogen and oxygen atoms in total. The molecule has 0 aliphatic heterocycles. The molecule has 2 rings (SSSR count). The standard InChI is InChI=1S/C12H7FO2/c13-11-4-2-1-3-9(11)10-7-8(14)5-6-12(10)15/h1-7H.